The van der Waals surface area contributed by atoms with Gasteiger partial charge in [-0.2, -0.15) is 0 Å². The molecule has 0 amide bonds. The number of nitrogens with one attached hydrogen (secondary N) is 1. The molecule has 0 saturated carbocycles. The van der Waals surface area contributed by atoms with Crippen molar-refractivity contribution < 1.29 is 0 Å². The molecule has 0 aliphatic rings. The lowest BCUT2D eigenvalue weighted by Crippen LogP contribution is -2.01. The van der Waals surface area contributed by atoms with E-state index in [4.69, 9.17) is 0 Å². The summed E-state index contributed by atoms with van der Waals surface area (Å²) in [7, 11) is 0. The van der Waals surface area contributed by atoms with Gasteiger partial charge in [0, 0.05) is 29.6 Å². The molecule has 2 rings (SSSR count). The van der Waals surface area contributed by atoms with Gasteiger partial charge in [-0.1, -0.05) is 0 Å². The minimum absolute atomic E-state index is 0.784. The zero-order valence-electron chi connectivity index (χ0n) is 8.94. The van der Waals surface area contributed by atoms with Crippen molar-refractivity contribution in [1.29, 1.82) is 0 Å². The lowest BCUT2D eigenvalue weighted by Gasteiger charge is -2.08. The third-order valence-corrected chi connectivity index (χ3v) is 2.76. The fourth-order valence-corrected chi connectivity index (χ4v) is 1.77. The minimum atomic E-state index is 0.784. The highest BCUT2D eigenvalue weighted by molar-refractivity contribution is 9.10. The van der Waals surface area contributed by atoms with Crippen LogP contribution in [0, 0.1) is 6.92 Å². The van der Waals surface area contributed by atoms with Gasteiger partial charge in [0.1, 0.15) is 0 Å². The molecule has 2 aromatic rings. The zero-order valence-corrected chi connectivity index (χ0v) is 10.5. The van der Waals surface area contributed by atoms with Crippen molar-refractivity contribution in [1.82, 2.24) is 9.97 Å². The molecule has 4 heteroatoms. The first-order chi connectivity index (χ1) is 7.75. The van der Waals surface area contributed by atoms with E-state index in [1.165, 1.54) is 11.1 Å². The molecule has 82 valence electrons. The predicted molar refractivity (Wildman–Crippen MR) is 68.2 cm³/mol. The Morgan fingerprint density at radius 2 is 2.12 bits per heavy atom. The highest BCUT2D eigenvalue weighted by Crippen LogP contribution is 2.15. The van der Waals surface area contributed by atoms with Gasteiger partial charge in [-0.15, -0.1) is 0 Å². The maximum absolute atomic E-state index is 4.10. The van der Waals surface area contributed by atoms with Crippen LogP contribution in [0.1, 0.15) is 11.1 Å². The largest absolute Gasteiger partial charge is 0.380 e. The normalized spacial score (nSPS) is 10.1. The van der Waals surface area contributed by atoms with Crippen LogP contribution in [-0.2, 0) is 6.54 Å². The highest BCUT2D eigenvalue weighted by atomic mass is 79.9. The average molecular weight is 278 g/mol. The first-order valence-corrected chi connectivity index (χ1v) is 5.79. The Morgan fingerprint density at radius 3 is 2.88 bits per heavy atom. The summed E-state index contributed by atoms with van der Waals surface area (Å²) in [5.74, 6) is 0. The van der Waals surface area contributed by atoms with E-state index in [0.717, 1.165) is 16.7 Å². The van der Waals surface area contributed by atoms with E-state index >= 15 is 0 Å². The van der Waals surface area contributed by atoms with Gasteiger partial charge < -0.3 is 5.32 Å². The second-order valence-electron chi connectivity index (χ2n) is 3.55. The van der Waals surface area contributed by atoms with Crippen LogP contribution >= 0.6 is 15.9 Å². The van der Waals surface area contributed by atoms with Crippen molar-refractivity contribution in [3.8, 4) is 0 Å². The molecule has 3 nitrogen and oxygen atoms in total. The Morgan fingerprint density at radius 1 is 1.25 bits per heavy atom. The first-order valence-electron chi connectivity index (χ1n) is 4.99. The summed E-state index contributed by atoms with van der Waals surface area (Å²) in [5, 5.41) is 3.32. The molecule has 0 aliphatic carbocycles. The average Bonchev–Trinajstić information content (AvgIpc) is 2.28. The van der Waals surface area contributed by atoms with E-state index in [1.807, 2.05) is 24.5 Å². The SMILES string of the molecule is Cc1cnccc1CNc1cncc(Br)c1. The molecule has 1 N–H and O–H groups in total. The summed E-state index contributed by atoms with van der Waals surface area (Å²) < 4.78 is 0.976. The molecule has 0 aromatic carbocycles. The summed E-state index contributed by atoms with van der Waals surface area (Å²) in [6, 6.07) is 4.03. The van der Waals surface area contributed by atoms with Crippen molar-refractivity contribution in [3.63, 3.8) is 0 Å². The number of hydrogen-bond acceptors (Lipinski definition) is 3. The Kier molecular flexibility index (Phi) is 3.51. The van der Waals surface area contributed by atoms with Gasteiger partial charge in [-0.25, -0.2) is 0 Å². The van der Waals surface area contributed by atoms with Crippen molar-refractivity contribution in [2.24, 2.45) is 0 Å². The van der Waals surface area contributed by atoms with E-state index in [0.29, 0.717) is 0 Å². The van der Waals surface area contributed by atoms with E-state index in [-0.39, 0.29) is 0 Å². The van der Waals surface area contributed by atoms with E-state index in [9.17, 15) is 0 Å². The second kappa shape index (κ2) is 5.07. The van der Waals surface area contributed by atoms with Gasteiger partial charge >= 0.3 is 0 Å². The summed E-state index contributed by atoms with van der Waals surface area (Å²) in [6.07, 6.45) is 7.25. The Labute approximate surface area is 103 Å². The lowest BCUT2D eigenvalue weighted by atomic mass is 10.1. The van der Waals surface area contributed by atoms with Gasteiger partial charge in [0.2, 0.25) is 0 Å². The molecule has 2 aromatic heterocycles. The summed E-state index contributed by atoms with van der Waals surface area (Å²) in [6.45, 7) is 2.84. The second-order valence-corrected chi connectivity index (χ2v) is 4.46. The van der Waals surface area contributed by atoms with Crippen LogP contribution in [0.15, 0.2) is 41.4 Å². The van der Waals surface area contributed by atoms with Crippen molar-refractivity contribution in [2.45, 2.75) is 13.5 Å². The van der Waals surface area contributed by atoms with Gasteiger partial charge in [0.05, 0.1) is 11.9 Å². The standard InChI is InChI=1S/C12H12BrN3/c1-9-5-14-3-2-10(9)6-16-12-4-11(13)7-15-8-12/h2-5,7-8,16H,6H2,1H3. The smallest absolute Gasteiger partial charge is 0.0540 e. The molecule has 16 heavy (non-hydrogen) atoms. The van der Waals surface area contributed by atoms with Gasteiger partial charge in [0.15, 0.2) is 0 Å². The van der Waals surface area contributed by atoms with Crippen LogP contribution in [0.5, 0.6) is 0 Å². The van der Waals surface area contributed by atoms with E-state index in [1.54, 1.807) is 12.4 Å². The first kappa shape index (κ1) is 11.1. The number of halogens is 1. The molecule has 0 fully saturated rings. The molecular formula is C12H12BrN3. The zero-order chi connectivity index (χ0) is 11.4. The van der Waals surface area contributed by atoms with E-state index < -0.39 is 0 Å². The molecule has 0 atom stereocenters. The van der Waals surface area contributed by atoms with Crippen LogP contribution in [-0.4, -0.2) is 9.97 Å². The van der Waals surface area contributed by atoms with Crippen LogP contribution in [0.25, 0.3) is 0 Å². The topological polar surface area (TPSA) is 37.8 Å². The molecule has 0 unspecified atom stereocenters. The number of hydrogen-bond donors (Lipinski definition) is 1. The number of rotatable bonds is 3. The Hall–Kier alpha value is -1.42. The molecule has 0 saturated heterocycles. The van der Waals surface area contributed by atoms with E-state index in [2.05, 4.69) is 38.1 Å². The number of pyridine rings is 2. The van der Waals surface area contributed by atoms with Gasteiger partial charge in [-0.05, 0) is 46.1 Å². The molecule has 0 radical (unpaired) electrons. The molecule has 0 spiro atoms. The van der Waals surface area contributed by atoms with Crippen molar-refractivity contribution >= 4 is 21.6 Å². The molecule has 0 bridgehead atoms. The third kappa shape index (κ3) is 2.79. The lowest BCUT2D eigenvalue weighted by molar-refractivity contribution is 1.08. The number of aryl methyl sites for hydroxylation is 1. The summed E-state index contributed by atoms with van der Waals surface area (Å²) in [4.78, 5) is 8.16. The highest BCUT2D eigenvalue weighted by Gasteiger charge is 1.98. The maximum atomic E-state index is 4.10. The monoisotopic (exact) mass is 277 g/mol. The number of aromatic nitrogens is 2. The molecule has 0 aliphatic heterocycles. The van der Waals surface area contributed by atoms with Gasteiger partial charge in [-0.3, -0.25) is 9.97 Å². The number of anilines is 1. The fourth-order valence-electron chi connectivity index (χ4n) is 1.41. The summed E-state index contributed by atoms with van der Waals surface area (Å²) >= 11 is 3.39. The van der Waals surface area contributed by atoms with Crippen LogP contribution < -0.4 is 5.32 Å². The summed E-state index contributed by atoms with van der Waals surface area (Å²) in [5.41, 5.74) is 3.44. The third-order valence-electron chi connectivity index (χ3n) is 2.32. The Balaban J connectivity index is 2.05. The van der Waals surface area contributed by atoms with Crippen molar-refractivity contribution in [3.05, 3.63) is 52.5 Å². The van der Waals surface area contributed by atoms with Crippen LogP contribution in [0.3, 0.4) is 0 Å². The number of nitrogens with zero attached hydrogens (tertiary/aromatic N) is 2. The molecule has 2 heterocycles. The van der Waals surface area contributed by atoms with Crippen LogP contribution in [0.2, 0.25) is 0 Å². The molecular weight excluding hydrogens is 266 g/mol. The van der Waals surface area contributed by atoms with Crippen molar-refractivity contribution in [2.75, 3.05) is 5.32 Å². The fraction of sp³-hybridized carbons (Fsp3) is 0.167. The van der Waals surface area contributed by atoms with Gasteiger partial charge in [0.25, 0.3) is 0 Å². The quantitative estimate of drug-likeness (QED) is 0.937. The predicted octanol–water partition coefficient (Wildman–Crippen LogP) is 3.16. The van der Waals surface area contributed by atoms with Crippen LogP contribution in [0.4, 0.5) is 5.69 Å². The maximum Gasteiger partial charge on any atom is 0.0540 e. The minimum Gasteiger partial charge on any atom is -0.380 e. The Bertz CT molecular complexity index is 485.